The van der Waals surface area contributed by atoms with Crippen molar-refractivity contribution in [3.63, 3.8) is 0 Å². The first-order chi connectivity index (χ1) is 8.97. The highest BCUT2D eigenvalue weighted by atomic mass is 79.9. The van der Waals surface area contributed by atoms with Crippen molar-refractivity contribution in [2.75, 3.05) is 10.6 Å². The second-order valence-electron chi connectivity index (χ2n) is 3.71. The van der Waals surface area contributed by atoms with Gasteiger partial charge in [0.05, 0.1) is 4.92 Å². The molecule has 1 amide bonds. The van der Waals surface area contributed by atoms with E-state index < -0.39 is 33.8 Å². The SMILES string of the molecule is O=C(CCCCBr)Nc1c([N+](=O)[O-])ccc(F)c1F. The molecule has 0 heterocycles. The monoisotopic (exact) mass is 336 g/mol. The minimum atomic E-state index is -1.43. The van der Waals surface area contributed by atoms with E-state index in [0.717, 1.165) is 17.8 Å². The van der Waals surface area contributed by atoms with Crippen LogP contribution in [0.1, 0.15) is 19.3 Å². The van der Waals surface area contributed by atoms with Crippen molar-refractivity contribution in [1.29, 1.82) is 0 Å². The van der Waals surface area contributed by atoms with Gasteiger partial charge in [0.2, 0.25) is 5.91 Å². The highest BCUT2D eigenvalue weighted by molar-refractivity contribution is 9.09. The van der Waals surface area contributed by atoms with Crippen LogP contribution in [0.2, 0.25) is 0 Å². The zero-order valence-electron chi connectivity index (χ0n) is 9.79. The van der Waals surface area contributed by atoms with E-state index >= 15 is 0 Å². The van der Waals surface area contributed by atoms with E-state index in [4.69, 9.17) is 0 Å². The number of alkyl halides is 1. The fraction of sp³-hybridized carbons (Fsp3) is 0.364. The van der Waals surface area contributed by atoms with Crippen LogP contribution in [0.3, 0.4) is 0 Å². The molecule has 0 aliphatic carbocycles. The summed E-state index contributed by atoms with van der Waals surface area (Å²) >= 11 is 3.19. The van der Waals surface area contributed by atoms with Gasteiger partial charge in [-0.3, -0.25) is 14.9 Å². The standard InChI is InChI=1S/C11H11BrF2N2O3/c12-6-2-1-3-9(17)15-11-8(16(18)19)5-4-7(13)10(11)14/h4-5H,1-3,6H2,(H,15,17). The molecule has 104 valence electrons. The van der Waals surface area contributed by atoms with Gasteiger partial charge in [-0.2, -0.15) is 0 Å². The van der Waals surface area contributed by atoms with Crippen LogP contribution in [0.4, 0.5) is 20.2 Å². The molecule has 19 heavy (non-hydrogen) atoms. The van der Waals surface area contributed by atoms with E-state index in [0.29, 0.717) is 12.5 Å². The first-order valence-electron chi connectivity index (χ1n) is 5.45. The molecule has 8 heteroatoms. The van der Waals surface area contributed by atoms with Gasteiger partial charge in [-0.25, -0.2) is 8.78 Å². The van der Waals surface area contributed by atoms with Crippen LogP contribution in [-0.4, -0.2) is 16.2 Å². The highest BCUT2D eigenvalue weighted by Crippen LogP contribution is 2.29. The molecule has 1 N–H and O–H groups in total. The molecule has 0 aliphatic rings. The number of hydrogen-bond acceptors (Lipinski definition) is 3. The van der Waals surface area contributed by atoms with Crippen molar-refractivity contribution in [1.82, 2.24) is 0 Å². The molecule has 0 fully saturated rings. The Morgan fingerprint density at radius 2 is 2.05 bits per heavy atom. The predicted molar refractivity (Wildman–Crippen MR) is 69.3 cm³/mol. The zero-order chi connectivity index (χ0) is 14.4. The average molecular weight is 337 g/mol. The number of nitrogens with one attached hydrogen (secondary N) is 1. The van der Waals surface area contributed by atoms with Crippen LogP contribution >= 0.6 is 15.9 Å². The fourth-order valence-electron chi connectivity index (χ4n) is 1.39. The number of hydrogen-bond donors (Lipinski definition) is 1. The topological polar surface area (TPSA) is 72.2 Å². The lowest BCUT2D eigenvalue weighted by molar-refractivity contribution is -0.384. The molecule has 0 atom stereocenters. The number of nitro benzene ring substituents is 1. The Kier molecular flexibility index (Phi) is 5.81. The van der Waals surface area contributed by atoms with Gasteiger partial charge in [-0.05, 0) is 18.9 Å². The van der Waals surface area contributed by atoms with E-state index in [2.05, 4.69) is 15.9 Å². The van der Waals surface area contributed by atoms with Crippen LogP contribution in [-0.2, 0) is 4.79 Å². The van der Waals surface area contributed by atoms with Gasteiger partial charge in [0.15, 0.2) is 17.3 Å². The number of anilines is 1. The summed E-state index contributed by atoms with van der Waals surface area (Å²) in [6.07, 6.45) is 1.36. The maximum Gasteiger partial charge on any atom is 0.296 e. The molecule has 0 aromatic heterocycles. The third-order valence-electron chi connectivity index (χ3n) is 2.32. The molecular formula is C11H11BrF2N2O3. The number of benzene rings is 1. The molecule has 0 unspecified atom stereocenters. The van der Waals surface area contributed by atoms with Crippen molar-refractivity contribution in [3.05, 3.63) is 33.9 Å². The van der Waals surface area contributed by atoms with E-state index in [1.807, 2.05) is 5.32 Å². The minimum absolute atomic E-state index is 0.0821. The first kappa shape index (κ1) is 15.5. The lowest BCUT2D eigenvalue weighted by atomic mass is 10.2. The molecular weight excluding hydrogens is 326 g/mol. The maximum absolute atomic E-state index is 13.5. The number of carbonyl (C=O) groups excluding carboxylic acids is 1. The minimum Gasteiger partial charge on any atom is -0.318 e. The maximum atomic E-state index is 13.5. The van der Waals surface area contributed by atoms with Gasteiger partial charge >= 0.3 is 0 Å². The second-order valence-corrected chi connectivity index (χ2v) is 4.50. The number of nitro groups is 1. The Labute approximate surface area is 116 Å². The molecule has 0 radical (unpaired) electrons. The van der Waals surface area contributed by atoms with Crippen molar-refractivity contribution in [2.24, 2.45) is 0 Å². The Hall–Kier alpha value is -1.57. The van der Waals surface area contributed by atoms with Crippen molar-refractivity contribution in [3.8, 4) is 0 Å². The van der Waals surface area contributed by atoms with Crippen LogP contribution < -0.4 is 5.32 Å². The summed E-state index contributed by atoms with van der Waals surface area (Å²) in [5.41, 5.74) is -1.40. The fourth-order valence-corrected chi connectivity index (χ4v) is 1.79. The quantitative estimate of drug-likeness (QED) is 0.374. The van der Waals surface area contributed by atoms with Crippen LogP contribution in [0, 0.1) is 21.7 Å². The van der Waals surface area contributed by atoms with E-state index in [1.54, 1.807) is 0 Å². The molecule has 1 rings (SSSR count). The molecule has 1 aromatic carbocycles. The third-order valence-corrected chi connectivity index (χ3v) is 2.88. The second kappa shape index (κ2) is 7.13. The normalized spacial score (nSPS) is 10.3. The summed E-state index contributed by atoms with van der Waals surface area (Å²) in [7, 11) is 0. The molecule has 0 bridgehead atoms. The summed E-state index contributed by atoms with van der Waals surface area (Å²) in [4.78, 5) is 21.3. The Bertz CT molecular complexity index is 497. The summed E-state index contributed by atoms with van der Waals surface area (Å²) in [6.45, 7) is 0. The van der Waals surface area contributed by atoms with E-state index in [1.165, 1.54) is 0 Å². The largest absolute Gasteiger partial charge is 0.318 e. The van der Waals surface area contributed by atoms with Gasteiger partial charge < -0.3 is 5.32 Å². The van der Waals surface area contributed by atoms with Gasteiger partial charge in [-0.1, -0.05) is 15.9 Å². The van der Waals surface area contributed by atoms with Crippen molar-refractivity contribution in [2.45, 2.75) is 19.3 Å². The van der Waals surface area contributed by atoms with Crippen LogP contribution in [0.5, 0.6) is 0 Å². The summed E-state index contributed by atoms with van der Waals surface area (Å²) in [5, 5.41) is 13.5. The number of unbranched alkanes of at least 4 members (excludes halogenated alkanes) is 1. The lowest BCUT2D eigenvalue weighted by Crippen LogP contribution is -2.14. The number of rotatable bonds is 6. The zero-order valence-corrected chi connectivity index (χ0v) is 11.4. The van der Waals surface area contributed by atoms with E-state index in [9.17, 15) is 23.7 Å². The number of halogens is 3. The summed E-state index contributed by atoms with van der Waals surface area (Å²) in [5.74, 6) is -3.27. The third kappa shape index (κ3) is 4.23. The Morgan fingerprint density at radius 3 is 2.63 bits per heavy atom. The summed E-state index contributed by atoms with van der Waals surface area (Å²) < 4.78 is 26.5. The molecule has 0 spiro atoms. The number of carbonyl (C=O) groups is 1. The van der Waals surface area contributed by atoms with Crippen LogP contribution in [0.15, 0.2) is 12.1 Å². The Balaban J connectivity index is 2.89. The number of nitrogens with zero attached hydrogens (tertiary/aromatic N) is 1. The average Bonchev–Trinajstić information content (AvgIpc) is 2.35. The van der Waals surface area contributed by atoms with Gasteiger partial charge in [0, 0.05) is 17.8 Å². The Morgan fingerprint density at radius 1 is 1.37 bits per heavy atom. The molecule has 1 aromatic rings. The first-order valence-corrected chi connectivity index (χ1v) is 6.57. The molecule has 0 saturated heterocycles. The molecule has 0 saturated carbocycles. The highest BCUT2D eigenvalue weighted by Gasteiger charge is 2.23. The predicted octanol–water partition coefficient (Wildman–Crippen LogP) is 3.38. The summed E-state index contributed by atoms with van der Waals surface area (Å²) in [6, 6.07) is 1.46. The van der Waals surface area contributed by atoms with E-state index in [-0.39, 0.29) is 6.42 Å². The van der Waals surface area contributed by atoms with Gasteiger partial charge in [0.25, 0.3) is 5.69 Å². The molecule has 0 aliphatic heterocycles. The number of amides is 1. The van der Waals surface area contributed by atoms with Crippen LogP contribution in [0.25, 0.3) is 0 Å². The van der Waals surface area contributed by atoms with Crippen molar-refractivity contribution >= 4 is 33.2 Å². The van der Waals surface area contributed by atoms with Gasteiger partial charge in [0.1, 0.15) is 0 Å². The van der Waals surface area contributed by atoms with Crippen molar-refractivity contribution < 1.29 is 18.5 Å². The molecule has 5 nitrogen and oxygen atoms in total. The lowest BCUT2D eigenvalue weighted by Gasteiger charge is -2.07. The van der Waals surface area contributed by atoms with Gasteiger partial charge in [-0.15, -0.1) is 0 Å². The smallest absolute Gasteiger partial charge is 0.296 e.